The number of fused-ring (bicyclic) bond motifs is 1. The van der Waals surface area contributed by atoms with Crippen molar-refractivity contribution in [3.05, 3.63) is 47.0 Å². The van der Waals surface area contributed by atoms with Gasteiger partial charge in [-0.25, -0.2) is 0 Å². The van der Waals surface area contributed by atoms with E-state index in [1.807, 2.05) is 44.7 Å². The molecule has 0 radical (unpaired) electrons. The van der Waals surface area contributed by atoms with E-state index in [0.717, 1.165) is 40.5 Å². The summed E-state index contributed by atoms with van der Waals surface area (Å²) >= 11 is 0. The van der Waals surface area contributed by atoms with Crippen molar-refractivity contribution in [3.8, 4) is 23.0 Å². The van der Waals surface area contributed by atoms with E-state index in [0.29, 0.717) is 45.9 Å². The molecule has 2 aromatic rings. The van der Waals surface area contributed by atoms with Gasteiger partial charge in [0.25, 0.3) is 5.91 Å². The van der Waals surface area contributed by atoms with Crippen LogP contribution >= 0.6 is 0 Å². The first-order valence-corrected chi connectivity index (χ1v) is 13.6. The van der Waals surface area contributed by atoms with Crippen molar-refractivity contribution < 1.29 is 29.1 Å². The second kappa shape index (κ2) is 13.0. The number of hydrogen-bond donors (Lipinski definition) is 1. The highest BCUT2D eigenvalue weighted by Crippen LogP contribution is 2.40. The summed E-state index contributed by atoms with van der Waals surface area (Å²) in [7, 11) is 0. The molecule has 0 bridgehead atoms. The number of quaternary nitrogens is 1. The maximum atomic E-state index is 13.5. The van der Waals surface area contributed by atoms with E-state index in [9.17, 15) is 4.79 Å². The van der Waals surface area contributed by atoms with Gasteiger partial charge in [0.15, 0.2) is 29.5 Å². The SMILES string of the molecule is CCOc1ccc(CC2c3cc(OCC)c(OCC)cc3CCN2C(=O)C[NH2+]C(C)(C)C)cc1OCC. The second-order valence-corrected chi connectivity index (χ2v) is 10.3. The Morgan fingerprint density at radius 2 is 1.43 bits per heavy atom. The van der Waals surface area contributed by atoms with E-state index >= 15 is 0 Å². The van der Waals surface area contributed by atoms with Crippen molar-refractivity contribution in [1.29, 1.82) is 0 Å². The normalized spacial score (nSPS) is 15.2. The fourth-order valence-electron chi connectivity index (χ4n) is 4.72. The molecule has 1 amide bonds. The van der Waals surface area contributed by atoms with E-state index in [-0.39, 0.29) is 17.5 Å². The molecule has 204 valence electrons. The Labute approximate surface area is 222 Å². The number of nitrogens with zero attached hydrogens (tertiary/aromatic N) is 1. The van der Waals surface area contributed by atoms with Gasteiger partial charge < -0.3 is 29.2 Å². The maximum Gasteiger partial charge on any atom is 0.278 e. The average Bonchev–Trinajstić information content (AvgIpc) is 2.85. The molecule has 7 nitrogen and oxygen atoms in total. The van der Waals surface area contributed by atoms with Gasteiger partial charge in [-0.05, 0) is 102 Å². The highest BCUT2D eigenvalue weighted by Gasteiger charge is 2.34. The second-order valence-electron chi connectivity index (χ2n) is 10.3. The number of rotatable bonds is 12. The largest absolute Gasteiger partial charge is 0.490 e. The molecular formula is C30H45N2O5+. The molecule has 7 heteroatoms. The lowest BCUT2D eigenvalue weighted by molar-refractivity contribution is -0.707. The lowest BCUT2D eigenvalue weighted by Crippen LogP contribution is -2.96. The molecular weight excluding hydrogens is 468 g/mol. The van der Waals surface area contributed by atoms with Crippen molar-refractivity contribution in [3.63, 3.8) is 0 Å². The third-order valence-electron chi connectivity index (χ3n) is 6.41. The fourth-order valence-corrected chi connectivity index (χ4v) is 4.72. The van der Waals surface area contributed by atoms with E-state index in [1.165, 1.54) is 5.56 Å². The van der Waals surface area contributed by atoms with Crippen molar-refractivity contribution in [2.75, 3.05) is 39.5 Å². The third kappa shape index (κ3) is 7.54. The van der Waals surface area contributed by atoms with Gasteiger partial charge in [-0.15, -0.1) is 0 Å². The van der Waals surface area contributed by atoms with Crippen LogP contribution in [0.1, 0.15) is 71.2 Å². The Kier molecular flexibility index (Phi) is 10.1. The summed E-state index contributed by atoms with van der Waals surface area (Å²) in [5.74, 6) is 3.12. The number of hydrogen-bond acceptors (Lipinski definition) is 5. The van der Waals surface area contributed by atoms with Crippen LogP contribution < -0.4 is 24.3 Å². The van der Waals surface area contributed by atoms with Gasteiger partial charge in [-0.1, -0.05) is 6.07 Å². The summed E-state index contributed by atoms with van der Waals surface area (Å²) in [6.07, 6.45) is 1.45. The summed E-state index contributed by atoms with van der Waals surface area (Å²) in [5, 5.41) is 2.11. The van der Waals surface area contributed by atoms with Crippen molar-refractivity contribution in [2.45, 2.75) is 72.9 Å². The molecule has 0 saturated heterocycles. The zero-order valence-corrected chi connectivity index (χ0v) is 23.7. The molecule has 1 unspecified atom stereocenters. The summed E-state index contributed by atoms with van der Waals surface area (Å²) in [6.45, 7) is 17.6. The summed E-state index contributed by atoms with van der Waals surface area (Å²) in [5.41, 5.74) is 3.40. The quantitative estimate of drug-likeness (QED) is 0.458. The van der Waals surface area contributed by atoms with Crippen molar-refractivity contribution >= 4 is 5.91 Å². The summed E-state index contributed by atoms with van der Waals surface area (Å²) in [4.78, 5) is 15.6. The molecule has 37 heavy (non-hydrogen) atoms. The first-order chi connectivity index (χ1) is 17.7. The Morgan fingerprint density at radius 1 is 0.865 bits per heavy atom. The molecule has 2 N–H and O–H groups in total. The highest BCUT2D eigenvalue weighted by molar-refractivity contribution is 5.78. The van der Waals surface area contributed by atoms with E-state index in [4.69, 9.17) is 18.9 Å². The van der Waals surface area contributed by atoms with E-state index in [2.05, 4.69) is 44.3 Å². The van der Waals surface area contributed by atoms with Gasteiger partial charge in [0.1, 0.15) is 0 Å². The summed E-state index contributed by atoms with van der Waals surface area (Å²) < 4.78 is 23.5. The predicted octanol–water partition coefficient (Wildman–Crippen LogP) is 4.31. The molecule has 0 fully saturated rings. The minimum absolute atomic E-state index is 0.0190. The topological polar surface area (TPSA) is 73.8 Å². The van der Waals surface area contributed by atoms with Crippen molar-refractivity contribution in [2.24, 2.45) is 0 Å². The monoisotopic (exact) mass is 513 g/mol. The molecule has 1 aliphatic rings. The number of amides is 1. The van der Waals surface area contributed by atoms with Gasteiger partial charge in [0, 0.05) is 6.54 Å². The van der Waals surface area contributed by atoms with Crippen LogP contribution in [0, 0.1) is 0 Å². The van der Waals surface area contributed by atoms with E-state index in [1.54, 1.807) is 0 Å². The molecule has 0 aromatic heterocycles. The van der Waals surface area contributed by atoms with Crippen LogP contribution in [0.4, 0.5) is 0 Å². The third-order valence-corrected chi connectivity index (χ3v) is 6.41. The lowest BCUT2D eigenvalue weighted by Gasteiger charge is -2.38. The lowest BCUT2D eigenvalue weighted by atomic mass is 9.88. The standard InChI is InChI=1S/C30H44N2O5/c1-8-34-25-13-12-21(17-26(25)35-9-2)16-24-23-19-28(37-11-4)27(36-10-3)18-22(23)14-15-32(24)29(33)20-31-30(5,6)7/h12-13,17-19,24,31H,8-11,14-16,20H2,1-7H3/p+1. The maximum absolute atomic E-state index is 13.5. The first-order valence-electron chi connectivity index (χ1n) is 13.6. The predicted molar refractivity (Wildman–Crippen MR) is 146 cm³/mol. The minimum atomic E-state index is -0.119. The summed E-state index contributed by atoms with van der Waals surface area (Å²) in [6, 6.07) is 10.2. The molecule has 0 spiro atoms. The Hall–Kier alpha value is -2.93. The number of benzene rings is 2. The van der Waals surface area contributed by atoms with Crippen LogP contribution in [0.3, 0.4) is 0 Å². The molecule has 1 aliphatic heterocycles. The van der Waals surface area contributed by atoms with Gasteiger partial charge in [0.2, 0.25) is 0 Å². The average molecular weight is 514 g/mol. The minimum Gasteiger partial charge on any atom is -0.490 e. The smallest absolute Gasteiger partial charge is 0.278 e. The number of carbonyl (C=O) groups is 1. The van der Waals surface area contributed by atoms with Gasteiger partial charge >= 0.3 is 0 Å². The van der Waals surface area contributed by atoms with Crippen LogP contribution in [0.25, 0.3) is 0 Å². The fraction of sp³-hybridized carbons (Fsp3) is 0.567. The molecule has 0 aliphatic carbocycles. The van der Waals surface area contributed by atoms with Crippen LogP contribution in [0.15, 0.2) is 30.3 Å². The van der Waals surface area contributed by atoms with Crippen LogP contribution in [-0.2, 0) is 17.6 Å². The van der Waals surface area contributed by atoms with E-state index < -0.39 is 0 Å². The molecule has 3 rings (SSSR count). The Morgan fingerprint density at radius 3 is 2.03 bits per heavy atom. The Bertz CT molecular complexity index is 1050. The Balaban J connectivity index is 2.02. The van der Waals surface area contributed by atoms with Crippen molar-refractivity contribution in [1.82, 2.24) is 4.90 Å². The number of nitrogens with two attached hydrogens (primary N) is 1. The molecule has 2 aromatic carbocycles. The van der Waals surface area contributed by atoms with Crippen LogP contribution in [0.2, 0.25) is 0 Å². The van der Waals surface area contributed by atoms with Gasteiger partial charge in [-0.2, -0.15) is 0 Å². The number of ether oxygens (including phenoxy) is 4. The zero-order chi connectivity index (χ0) is 27.0. The van der Waals surface area contributed by atoms with Gasteiger partial charge in [0.05, 0.1) is 38.0 Å². The van der Waals surface area contributed by atoms with Gasteiger partial charge in [-0.3, -0.25) is 4.79 Å². The number of carbonyl (C=O) groups excluding carboxylic acids is 1. The molecule has 1 atom stereocenters. The zero-order valence-electron chi connectivity index (χ0n) is 23.7. The molecule has 0 saturated carbocycles. The van der Waals surface area contributed by atoms with Crippen LogP contribution in [0.5, 0.6) is 23.0 Å². The molecule has 1 heterocycles. The first kappa shape index (κ1) is 28.6. The van der Waals surface area contributed by atoms with Crippen LogP contribution in [-0.4, -0.2) is 55.9 Å². The highest BCUT2D eigenvalue weighted by atomic mass is 16.5.